The van der Waals surface area contributed by atoms with Crippen LogP contribution in [0.15, 0.2) is 97.2 Å². The number of hydrogen-bond donors (Lipinski definition) is 0. The van der Waals surface area contributed by atoms with Crippen molar-refractivity contribution in [2.75, 3.05) is 47.5 Å². The van der Waals surface area contributed by atoms with Gasteiger partial charge in [0.15, 0.2) is 6.10 Å². The van der Waals surface area contributed by atoms with E-state index in [1.807, 2.05) is 21.1 Å². The number of unbranched alkanes of at least 4 members (excludes halogenated alkanes) is 34. The Kier molecular flexibility index (Phi) is 62.1. The lowest BCUT2D eigenvalue weighted by Crippen LogP contribution is -2.37. The molecule has 0 heterocycles. The van der Waals surface area contributed by atoms with Gasteiger partial charge in [-0.2, -0.15) is 0 Å². The summed E-state index contributed by atoms with van der Waals surface area (Å²) in [5.41, 5.74) is 0. The maximum absolute atomic E-state index is 12.9. The molecule has 0 aromatic heterocycles. The van der Waals surface area contributed by atoms with Gasteiger partial charge >= 0.3 is 11.9 Å². The normalized spacial score (nSPS) is 13.7. The molecule has 0 aromatic rings. The number of esters is 2. The largest absolute Gasteiger partial charge is 0.756 e. The van der Waals surface area contributed by atoms with E-state index in [2.05, 4.69) is 111 Å². The smallest absolute Gasteiger partial charge is 0.306 e. The molecule has 2 atom stereocenters. The Morgan fingerprint density at radius 2 is 0.679 bits per heavy atom. The van der Waals surface area contributed by atoms with E-state index < -0.39 is 26.5 Å². The van der Waals surface area contributed by atoms with Crippen molar-refractivity contribution in [3.05, 3.63) is 97.2 Å². The SMILES string of the molecule is CC/C=C\C/C=C\C/C=C\C/C=C\C/C=C\C/C=C\C/C=C\CCCCCCCCCCCCCCCCCCCCCC(=O)OC(COC(=O)CCCCCCCCCCC/C=C\CCCCCCCC)COP(=O)([O-])OCC[N+](C)(C)C. The first-order chi connectivity index (χ1) is 41.0. The number of ether oxygens (including phenoxy) is 2. The average Bonchev–Trinajstić information content (AvgIpc) is 3.61. The van der Waals surface area contributed by atoms with Crippen LogP contribution in [0.1, 0.15) is 309 Å². The van der Waals surface area contributed by atoms with E-state index in [1.54, 1.807) is 0 Å². The van der Waals surface area contributed by atoms with Crippen molar-refractivity contribution in [1.82, 2.24) is 0 Å². The number of phosphoric ester groups is 1. The van der Waals surface area contributed by atoms with Crippen LogP contribution in [-0.2, 0) is 32.7 Å². The number of likely N-dealkylation sites (N-methyl/N-ethyl adjacent to an activating group) is 1. The fraction of sp³-hybridized carbons (Fsp3) is 0.757. The highest BCUT2D eigenvalue weighted by Gasteiger charge is 2.22. The number of allylic oxidation sites excluding steroid dienone is 16. The summed E-state index contributed by atoms with van der Waals surface area (Å²) >= 11 is 0. The molecule has 0 aromatic carbocycles. The molecule has 486 valence electrons. The molecule has 2 unspecified atom stereocenters. The summed E-state index contributed by atoms with van der Waals surface area (Å²) in [6.07, 6.45) is 89.2. The average molecular weight is 1190 g/mol. The second kappa shape index (κ2) is 64.4. The van der Waals surface area contributed by atoms with Crippen molar-refractivity contribution in [2.24, 2.45) is 0 Å². The number of nitrogens with zero attached hydrogens (tertiary/aromatic N) is 1. The van der Waals surface area contributed by atoms with Crippen molar-refractivity contribution < 1.29 is 42.1 Å². The Morgan fingerprint density at radius 3 is 1.02 bits per heavy atom. The molecular weight excluding hydrogens is 1060 g/mol. The Balaban J connectivity index is 3.96. The van der Waals surface area contributed by atoms with E-state index >= 15 is 0 Å². The van der Waals surface area contributed by atoms with Crippen LogP contribution in [-0.4, -0.2) is 70.0 Å². The number of phosphoric acid groups is 1. The Labute approximate surface area is 519 Å². The summed E-state index contributed by atoms with van der Waals surface area (Å²) in [7, 11) is 1.17. The van der Waals surface area contributed by atoms with Crippen LogP contribution < -0.4 is 4.89 Å². The van der Waals surface area contributed by atoms with Gasteiger partial charge in [0.2, 0.25) is 0 Å². The Morgan fingerprint density at radius 1 is 0.381 bits per heavy atom. The predicted molar refractivity (Wildman–Crippen MR) is 360 cm³/mol. The first kappa shape index (κ1) is 80.9. The third-order valence-corrected chi connectivity index (χ3v) is 16.1. The number of quaternary nitrogens is 1. The lowest BCUT2D eigenvalue weighted by Gasteiger charge is -2.28. The van der Waals surface area contributed by atoms with Crippen LogP contribution in [0.3, 0.4) is 0 Å². The minimum Gasteiger partial charge on any atom is -0.756 e. The molecule has 0 saturated carbocycles. The van der Waals surface area contributed by atoms with Crippen LogP contribution in [0.25, 0.3) is 0 Å². The third kappa shape index (κ3) is 68.0. The number of carbonyl (C=O) groups excluding carboxylic acids is 2. The summed E-state index contributed by atoms with van der Waals surface area (Å²) in [4.78, 5) is 38.0. The molecule has 9 nitrogen and oxygen atoms in total. The lowest BCUT2D eigenvalue weighted by molar-refractivity contribution is -0.870. The highest BCUT2D eigenvalue weighted by atomic mass is 31.2. The fourth-order valence-corrected chi connectivity index (χ4v) is 10.5. The molecule has 0 amide bonds. The minimum atomic E-state index is -4.64. The summed E-state index contributed by atoms with van der Waals surface area (Å²) in [5, 5.41) is 0. The number of carbonyl (C=O) groups is 2. The lowest BCUT2D eigenvalue weighted by atomic mass is 10.0. The van der Waals surface area contributed by atoms with E-state index in [-0.39, 0.29) is 32.0 Å². The molecule has 0 fully saturated rings. The molecular formula is C74H132NO8P. The van der Waals surface area contributed by atoms with Crippen LogP contribution in [0.4, 0.5) is 0 Å². The topological polar surface area (TPSA) is 111 Å². The molecule has 10 heteroatoms. The zero-order chi connectivity index (χ0) is 61.2. The van der Waals surface area contributed by atoms with Gasteiger partial charge in [0.25, 0.3) is 7.82 Å². The molecule has 0 bridgehead atoms. The third-order valence-electron chi connectivity index (χ3n) is 15.1. The fourth-order valence-electron chi connectivity index (χ4n) is 9.75. The summed E-state index contributed by atoms with van der Waals surface area (Å²) in [6.45, 7) is 4.15. The molecule has 0 radical (unpaired) electrons. The standard InChI is InChI=1S/C74H132NO8P/c1-6-8-10-12-14-16-18-20-22-24-26-27-28-29-30-31-32-33-34-35-36-37-38-39-40-41-42-43-44-45-46-47-49-51-53-55-57-59-61-63-65-67-74(77)83-72(71-82-84(78,79)81-69-68-75(3,4)5)70-80-73(76)66-64-62-60-58-56-54-52-50-48-25-23-21-19-17-15-13-11-9-7-2/h8,10,14,16,20-23,26-27,29-30,32-33,35-36,72H,6-7,9,11-13,15,17-19,24-25,28,31,34,37-71H2,1-5H3/b10-8-,16-14-,22-20-,23-21-,27-26-,30-29-,33-32-,36-35-. The monoisotopic (exact) mass is 1190 g/mol. The minimum absolute atomic E-state index is 0.0318. The Hall–Kier alpha value is -3.07. The highest BCUT2D eigenvalue weighted by molar-refractivity contribution is 7.45. The van der Waals surface area contributed by atoms with Crippen LogP contribution >= 0.6 is 7.82 Å². The Bertz CT molecular complexity index is 1740. The maximum atomic E-state index is 12.9. The van der Waals surface area contributed by atoms with E-state index in [4.69, 9.17) is 18.5 Å². The van der Waals surface area contributed by atoms with Gasteiger partial charge in [-0.1, -0.05) is 297 Å². The summed E-state index contributed by atoms with van der Waals surface area (Å²) in [5.74, 6) is -0.825. The van der Waals surface area contributed by atoms with Gasteiger partial charge in [-0.15, -0.1) is 0 Å². The van der Waals surface area contributed by atoms with E-state index in [0.717, 1.165) is 83.5 Å². The number of hydrogen-bond acceptors (Lipinski definition) is 8. The molecule has 0 spiro atoms. The molecule has 84 heavy (non-hydrogen) atoms. The highest BCUT2D eigenvalue weighted by Crippen LogP contribution is 2.38. The summed E-state index contributed by atoms with van der Waals surface area (Å²) < 4.78 is 34.3. The second-order valence-corrected chi connectivity index (χ2v) is 25.9. The van der Waals surface area contributed by atoms with Crippen LogP contribution in [0.2, 0.25) is 0 Å². The molecule has 0 aliphatic carbocycles. The van der Waals surface area contributed by atoms with Crippen molar-refractivity contribution in [3.8, 4) is 0 Å². The van der Waals surface area contributed by atoms with Gasteiger partial charge in [-0.3, -0.25) is 14.2 Å². The van der Waals surface area contributed by atoms with E-state index in [0.29, 0.717) is 17.4 Å². The van der Waals surface area contributed by atoms with Crippen molar-refractivity contribution >= 4 is 19.8 Å². The van der Waals surface area contributed by atoms with Crippen molar-refractivity contribution in [1.29, 1.82) is 0 Å². The van der Waals surface area contributed by atoms with Gasteiger partial charge in [-0.05, 0) is 96.3 Å². The molecule has 0 aliphatic heterocycles. The van der Waals surface area contributed by atoms with Crippen molar-refractivity contribution in [2.45, 2.75) is 315 Å². The first-order valence-corrected chi connectivity index (χ1v) is 36.4. The summed E-state index contributed by atoms with van der Waals surface area (Å²) in [6, 6.07) is 0. The van der Waals surface area contributed by atoms with Gasteiger partial charge in [0.1, 0.15) is 19.8 Å². The predicted octanol–water partition coefficient (Wildman–Crippen LogP) is 22.1. The van der Waals surface area contributed by atoms with Gasteiger partial charge in [0, 0.05) is 12.8 Å². The van der Waals surface area contributed by atoms with Gasteiger partial charge in [-0.25, -0.2) is 0 Å². The quantitative estimate of drug-likeness (QED) is 0.0195. The van der Waals surface area contributed by atoms with E-state index in [1.165, 1.54) is 193 Å². The van der Waals surface area contributed by atoms with Crippen LogP contribution in [0.5, 0.6) is 0 Å². The zero-order valence-electron chi connectivity index (χ0n) is 55.3. The molecule has 0 saturated heterocycles. The number of rotatable bonds is 64. The zero-order valence-corrected chi connectivity index (χ0v) is 56.2. The molecule has 0 rings (SSSR count). The molecule has 0 aliphatic rings. The van der Waals surface area contributed by atoms with Gasteiger partial charge in [0.05, 0.1) is 27.7 Å². The second-order valence-electron chi connectivity index (χ2n) is 24.5. The van der Waals surface area contributed by atoms with Crippen LogP contribution in [0, 0.1) is 0 Å². The molecule has 0 N–H and O–H groups in total. The first-order valence-electron chi connectivity index (χ1n) is 34.9. The van der Waals surface area contributed by atoms with Crippen molar-refractivity contribution in [3.63, 3.8) is 0 Å². The maximum Gasteiger partial charge on any atom is 0.306 e. The van der Waals surface area contributed by atoms with E-state index in [9.17, 15) is 19.0 Å². The van der Waals surface area contributed by atoms with Gasteiger partial charge < -0.3 is 27.9 Å².